The molecule has 2 aliphatic rings. The second-order valence-corrected chi connectivity index (χ2v) is 8.60. The lowest BCUT2D eigenvalue weighted by molar-refractivity contribution is 0.0574. The van der Waals surface area contributed by atoms with Crippen LogP contribution in [0.5, 0.6) is 5.75 Å². The molecule has 5 nitrogen and oxygen atoms in total. The molecule has 2 aliphatic heterocycles. The predicted molar refractivity (Wildman–Crippen MR) is 110 cm³/mol. The molecular formula is C22H24N2O3S. The van der Waals surface area contributed by atoms with E-state index in [1.54, 1.807) is 12.0 Å². The van der Waals surface area contributed by atoms with E-state index in [1.807, 2.05) is 40.5 Å². The molecule has 5 rings (SSSR count). The van der Waals surface area contributed by atoms with Gasteiger partial charge in [0.15, 0.2) is 17.1 Å². The highest BCUT2D eigenvalue weighted by molar-refractivity contribution is 7.10. The molecule has 0 aliphatic carbocycles. The van der Waals surface area contributed by atoms with Crippen molar-refractivity contribution in [1.82, 2.24) is 9.80 Å². The van der Waals surface area contributed by atoms with Crippen molar-refractivity contribution in [2.24, 2.45) is 0 Å². The summed E-state index contributed by atoms with van der Waals surface area (Å²) in [6, 6.07) is 10.4. The van der Waals surface area contributed by atoms with Crippen LogP contribution in [0.3, 0.4) is 0 Å². The molecular weight excluding hydrogens is 372 g/mol. The number of thiophene rings is 1. The van der Waals surface area contributed by atoms with E-state index < -0.39 is 0 Å². The van der Waals surface area contributed by atoms with Gasteiger partial charge in [-0.1, -0.05) is 12.1 Å². The van der Waals surface area contributed by atoms with Crippen LogP contribution in [0, 0.1) is 0 Å². The van der Waals surface area contributed by atoms with Crippen molar-refractivity contribution < 1.29 is 13.9 Å². The summed E-state index contributed by atoms with van der Waals surface area (Å²) < 4.78 is 11.2. The van der Waals surface area contributed by atoms with Gasteiger partial charge in [-0.2, -0.15) is 0 Å². The van der Waals surface area contributed by atoms with E-state index in [1.165, 1.54) is 5.56 Å². The number of furan rings is 1. The second-order valence-electron chi connectivity index (χ2n) is 7.60. The highest BCUT2D eigenvalue weighted by Crippen LogP contribution is 2.31. The Kier molecular flexibility index (Phi) is 4.61. The summed E-state index contributed by atoms with van der Waals surface area (Å²) in [6.45, 7) is 3.76. The third-order valence-corrected chi connectivity index (χ3v) is 7.07. The maximum absolute atomic E-state index is 13.0. The number of carbonyl (C=O) groups is 1. The van der Waals surface area contributed by atoms with Gasteiger partial charge in [0.25, 0.3) is 5.91 Å². The van der Waals surface area contributed by atoms with Crippen molar-refractivity contribution in [1.29, 1.82) is 0 Å². The lowest BCUT2D eigenvalue weighted by Crippen LogP contribution is -2.47. The number of piperidine rings is 1. The Morgan fingerprint density at radius 3 is 2.89 bits per heavy atom. The molecule has 0 radical (unpaired) electrons. The molecule has 1 aromatic carbocycles. The molecule has 0 unspecified atom stereocenters. The van der Waals surface area contributed by atoms with E-state index in [4.69, 9.17) is 9.15 Å². The van der Waals surface area contributed by atoms with E-state index in [-0.39, 0.29) is 5.91 Å². The minimum absolute atomic E-state index is 0.0181. The summed E-state index contributed by atoms with van der Waals surface area (Å²) in [6.07, 6.45) is 3.20. The van der Waals surface area contributed by atoms with Crippen molar-refractivity contribution in [3.8, 4) is 5.75 Å². The number of rotatable bonds is 3. The molecule has 0 saturated carbocycles. The minimum Gasteiger partial charge on any atom is -0.493 e. The molecule has 6 heteroatoms. The van der Waals surface area contributed by atoms with E-state index in [0.29, 0.717) is 23.1 Å². The summed E-state index contributed by atoms with van der Waals surface area (Å²) in [4.78, 5) is 19.0. The molecule has 146 valence electrons. The zero-order valence-electron chi connectivity index (χ0n) is 16.0. The van der Waals surface area contributed by atoms with Gasteiger partial charge < -0.3 is 14.1 Å². The van der Waals surface area contributed by atoms with Crippen LogP contribution in [0.2, 0.25) is 0 Å². The highest BCUT2D eigenvalue weighted by Gasteiger charge is 2.30. The standard InChI is InChI=1S/C22H24N2O3S/c1-26-18-4-2-3-15-13-19(27-21(15)18)22(25)23-9-5-17(6-10-23)24-11-7-20-16(14-24)8-12-28-20/h2-4,8,12-13,17H,5-7,9-11,14H2,1H3. The number of methoxy groups -OCH3 is 1. The number of amides is 1. The van der Waals surface area contributed by atoms with Crippen molar-refractivity contribution >= 4 is 28.2 Å². The molecule has 3 aromatic rings. The van der Waals surface area contributed by atoms with Gasteiger partial charge in [0.1, 0.15) is 0 Å². The van der Waals surface area contributed by atoms with Crippen molar-refractivity contribution in [2.75, 3.05) is 26.7 Å². The summed E-state index contributed by atoms with van der Waals surface area (Å²) in [5.74, 6) is 1.04. The van der Waals surface area contributed by atoms with Gasteiger partial charge in [-0.3, -0.25) is 9.69 Å². The lowest BCUT2D eigenvalue weighted by Gasteiger charge is -2.40. The topological polar surface area (TPSA) is 45.9 Å². The van der Waals surface area contributed by atoms with E-state index in [9.17, 15) is 4.79 Å². The van der Waals surface area contributed by atoms with Crippen LogP contribution >= 0.6 is 11.3 Å². The van der Waals surface area contributed by atoms with Crippen LogP contribution in [-0.4, -0.2) is 48.5 Å². The number of para-hydroxylation sites is 1. The molecule has 28 heavy (non-hydrogen) atoms. The summed E-state index contributed by atoms with van der Waals surface area (Å²) >= 11 is 1.88. The average Bonchev–Trinajstić information content (AvgIpc) is 3.39. The molecule has 0 N–H and O–H groups in total. The van der Waals surface area contributed by atoms with Gasteiger partial charge in [0.05, 0.1) is 7.11 Å². The maximum Gasteiger partial charge on any atom is 0.289 e. The largest absolute Gasteiger partial charge is 0.493 e. The smallest absolute Gasteiger partial charge is 0.289 e. The second kappa shape index (κ2) is 7.26. The molecule has 0 bridgehead atoms. The van der Waals surface area contributed by atoms with E-state index in [2.05, 4.69) is 16.3 Å². The van der Waals surface area contributed by atoms with E-state index in [0.717, 1.165) is 50.8 Å². The molecule has 0 spiro atoms. The van der Waals surface area contributed by atoms with Gasteiger partial charge in [0.2, 0.25) is 0 Å². The first-order valence-electron chi connectivity index (χ1n) is 9.88. The Morgan fingerprint density at radius 1 is 1.21 bits per heavy atom. The SMILES string of the molecule is COc1cccc2cc(C(=O)N3CCC(N4CCc5sccc5C4)CC3)oc12. The fourth-order valence-electron chi connectivity index (χ4n) is 4.47. The maximum atomic E-state index is 13.0. The van der Waals surface area contributed by atoms with Crippen LogP contribution in [-0.2, 0) is 13.0 Å². The van der Waals surface area contributed by atoms with Crippen LogP contribution < -0.4 is 4.74 Å². The first kappa shape index (κ1) is 17.8. The Balaban J connectivity index is 1.25. The van der Waals surface area contributed by atoms with Gasteiger partial charge in [-0.05, 0) is 48.4 Å². The van der Waals surface area contributed by atoms with Crippen LogP contribution in [0.15, 0.2) is 40.1 Å². The predicted octanol–water partition coefficient (Wildman–Crippen LogP) is 4.17. The molecule has 2 aromatic heterocycles. The normalized spacial score (nSPS) is 18.4. The molecule has 4 heterocycles. The van der Waals surface area contributed by atoms with Gasteiger partial charge >= 0.3 is 0 Å². The van der Waals surface area contributed by atoms with Crippen LogP contribution in [0.1, 0.15) is 33.8 Å². The monoisotopic (exact) mass is 396 g/mol. The van der Waals surface area contributed by atoms with Gasteiger partial charge in [0, 0.05) is 42.5 Å². The lowest BCUT2D eigenvalue weighted by atomic mass is 9.99. The number of likely N-dealkylation sites (tertiary alicyclic amines) is 1. The van der Waals surface area contributed by atoms with Crippen molar-refractivity contribution in [3.63, 3.8) is 0 Å². The van der Waals surface area contributed by atoms with Crippen LogP contribution in [0.25, 0.3) is 11.0 Å². The number of nitrogens with zero attached hydrogens (tertiary/aromatic N) is 2. The summed E-state index contributed by atoms with van der Waals surface area (Å²) in [7, 11) is 1.61. The molecule has 1 saturated heterocycles. The van der Waals surface area contributed by atoms with E-state index >= 15 is 0 Å². The molecule has 1 fully saturated rings. The Labute approximate surface area is 168 Å². The first-order chi connectivity index (χ1) is 13.7. The van der Waals surface area contributed by atoms with Gasteiger partial charge in [-0.25, -0.2) is 0 Å². The Bertz CT molecular complexity index is 1000. The number of hydrogen-bond acceptors (Lipinski definition) is 5. The van der Waals surface area contributed by atoms with Crippen LogP contribution in [0.4, 0.5) is 0 Å². The summed E-state index contributed by atoms with van der Waals surface area (Å²) in [5, 5.41) is 3.11. The molecule has 1 amide bonds. The zero-order valence-corrected chi connectivity index (χ0v) is 16.8. The third-order valence-electron chi connectivity index (χ3n) is 6.04. The number of fused-ring (bicyclic) bond motifs is 2. The number of hydrogen-bond donors (Lipinski definition) is 0. The number of ether oxygens (including phenoxy) is 1. The first-order valence-corrected chi connectivity index (χ1v) is 10.8. The quantitative estimate of drug-likeness (QED) is 0.667. The van der Waals surface area contributed by atoms with Gasteiger partial charge in [-0.15, -0.1) is 11.3 Å². The minimum atomic E-state index is -0.0181. The summed E-state index contributed by atoms with van der Waals surface area (Å²) in [5.41, 5.74) is 2.13. The Morgan fingerprint density at radius 2 is 2.07 bits per heavy atom. The molecule has 0 atom stereocenters. The third kappa shape index (κ3) is 3.10. The number of benzene rings is 1. The van der Waals surface area contributed by atoms with Crippen molar-refractivity contribution in [2.45, 2.75) is 31.8 Å². The number of carbonyl (C=O) groups excluding carboxylic acids is 1. The fourth-order valence-corrected chi connectivity index (χ4v) is 5.36. The average molecular weight is 397 g/mol. The Hall–Kier alpha value is -2.31. The zero-order chi connectivity index (χ0) is 19.1. The fraction of sp³-hybridized carbons (Fsp3) is 0.409. The van der Waals surface area contributed by atoms with Crippen molar-refractivity contribution in [3.05, 3.63) is 51.9 Å². The highest BCUT2D eigenvalue weighted by atomic mass is 32.1.